The molecule has 110 valence electrons. The van der Waals surface area contributed by atoms with Crippen molar-refractivity contribution in [1.82, 2.24) is 4.90 Å². The number of carbonyl (C=O) groups excluding carboxylic acids is 1. The van der Waals surface area contributed by atoms with Gasteiger partial charge in [0.15, 0.2) is 0 Å². The Hall–Kier alpha value is -1.32. The number of amides is 1. The maximum atomic E-state index is 12.6. The largest absolute Gasteiger partial charge is 0.335 e. The Kier molecular flexibility index (Phi) is 4.32. The van der Waals surface area contributed by atoms with Gasteiger partial charge in [-0.3, -0.25) is 4.79 Å². The van der Waals surface area contributed by atoms with E-state index < -0.39 is 0 Å². The summed E-state index contributed by atoms with van der Waals surface area (Å²) in [5.41, 5.74) is 1.07. The lowest BCUT2D eigenvalue weighted by Gasteiger charge is -2.33. The second-order valence-corrected chi connectivity index (χ2v) is 7.04. The number of hydrogen-bond acceptors (Lipinski definition) is 2. The van der Waals surface area contributed by atoms with Crippen LogP contribution in [0.2, 0.25) is 5.02 Å². The zero-order chi connectivity index (χ0) is 14.8. The SMILES string of the molecule is CC1CCCCN1C(=O)c1ccc(-c2cccc(Cl)c2)s1. The lowest BCUT2D eigenvalue weighted by atomic mass is 10.0. The summed E-state index contributed by atoms with van der Waals surface area (Å²) in [6.45, 7) is 3.02. The molecule has 1 aromatic heterocycles. The van der Waals surface area contributed by atoms with Gasteiger partial charge in [-0.2, -0.15) is 0 Å². The molecule has 1 amide bonds. The van der Waals surface area contributed by atoms with Gasteiger partial charge in [-0.15, -0.1) is 11.3 Å². The number of hydrogen-bond donors (Lipinski definition) is 0. The van der Waals surface area contributed by atoms with E-state index >= 15 is 0 Å². The minimum Gasteiger partial charge on any atom is -0.335 e. The maximum Gasteiger partial charge on any atom is 0.264 e. The summed E-state index contributed by atoms with van der Waals surface area (Å²) in [7, 11) is 0. The molecule has 3 rings (SSSR count). The Balaban J connectivity index is 1.83. The Morgan fingerprint density at radius 1 is 1.29 bits per heavy atom. The van der Waals surface area contributed by atoms with Crippen molar-refractivity contribution in [3.05, 3.63) is 46.3 Å². The maximum absolute atomic E-state index is 12.6. The van der Waals surface area contributed by atoms with Gasteiger partial charge in [0.2, 0.25) is 0 Å². The van der Waals surface area contributed by atoms with Crippen LogP contribution >= 0.6 is 22.9 Å². The van der Waals surface area contributed by atoms with E-state index in [0.29, 0.717) is 6.04 Å². The molecular formula is C17H18ClNOS. The standard InChI is InChI=1S/C17H18ClNOS/c1-12-5-2-3-10-19(12)17(20)16-9-8-15(21-16)13-6-4-7-14(18)11-13/h4,6-9,11-12H,2-3,5,10H2,1H3. The molecule has 1 unspecified atom stereocenters. The summed E-state index contributed by atoms with van der Waals surface area (Å²) in [4.78, 5) is 16.5. The van der Waals surface area contributed by atoms with Crippen molar-refractivity contribution in [3.8, 4) is 10.4 Å². The first-order valence-corrected chi connectivity index (χ1v) is 8.51. The molecular weight excluding hydrogens is 302 g/mol. The monoisotopic (exact) mass is 319 g/mol. The van der Waals surface area contributed by atoms with Gasteiger partial charge in [-0.25, -0.2) is 0 Å². The van der Waals surface area contributed by atoms with Crippen LogP contribution in [0.5, 0.6) is 0 Å². The van der Waals surface area contributed by atoms with Gasteiger partial charge in [-0.05, 0) is 56.0 Å². The van der Waals surface area contributed by atoms with Gasteiger partial charge < -0.3 is 4.90 Å². The van der Waals surface area contributed by atoms with Crippen LogP contribution in [-0.2, 0) is 0 Å². The molecule has 0 spiro atoms. The van der Waals surface area contributed by atoms with Crippen molar-refractivity contribution in [2.45, 2.75) is 32.2 Å². The van der Waals surface area contributed by atoms with E-state index in [9.17, 15) is 4.79 Å². The fraction of sp³-hybridized carbons (Fsp3) is 0.353. The number of carbonyl (C=O) groups is 1. The van der Waals surface area contributed by atoms with E-state index in [1.165, 1.54) is 6.42 Å². The first kappa shape index (κ1) is 14.6. The van der Waals surface area contributed by atoms with Gasteiger partial charge in [0, 0.05) is 22.5 Å². The third-order valence-corrected chi connectivity index (χ3v) is 5.35. The van der Waals surface area contributed by atoms with Gasteiger partial charge in [-0.1, -0.05) is 23.7 Å². The van der Waals surface area contributed by atoms with Crippen molar-refractivity contribution in [2.75, 3.05) is 6.54 Å². The molecule has 0 aliphatic carbocycles. The predicted molar refractivity (Wildman–Crippen MR) is 89.1 cm³/mol. The highest BCUT2D eigenvalue weighted by molar-refractivity contribution is 7.17. The molecule has 1 aliphatic rings. The van der Waals surface area contributed by atoms with Crippen LogP contribution in [0.15, 0.2) is 36.4 Å². The molecule has 1 fully saturated rings. The van der Waals surface area contributed by atoms with E-state index in [2.05, 4.69) is 6.92 Å². The van der Waals surface area contributed by atoms with Gasteiger partial charge >= 0.3 is 0 Å². The average Bonchev–Trinajstić information content (AvgIpc) is 2.97. The molecule has 0 saturated carbocycles. The molecule has 0 bridgehead atoms. The van der Waals surface area contributed by atoms with Crippen molar-refractivity contribution in [2.24, 2.45) is 0 Å². The predicted octanol–water partition coefficient (Wildman–Crippen LogP) is 5.08. The summed E-state index contributed by atoms with van der Waals surface area (Å²) < 4.78 is 0. The normalized spacial score (nSPS) is 18.8. The smallest absolute Gasteiger partial charge is 0.264 e. The Bertz CT molecular complexity index is 652. The molecule has 1 aliphatic heterocycles. The second-order valence-electron chi connectivity index (χ2n) is 5.52. The quantitative estimate of drug-likeness (QED) is 0.755. The molecule has 0 radical (unpaired) electrons. The molecule has 1 atom stereocenters. The zero-order valence-electron chi connectivity index (χ0n) is 12.0. The Labute approximate surface area is 134 Å². The molecule has 0 N–H and O–H groups in total. The van der Waals surface area contributed by atoms with E-state index in [1.54, 1.807) is 11.3 Å². The molecule has 1 aromatic carbocycles. The van der Waals surface area contributed by atoms with Crippen LogP contribution in [-0.4, -0.2) is 23.4 Å². The topological polar surface area (TPSA) is 20.3 Å². The summed E-state index contributed by atoms with van der Waals surface area (Å²) >= 11 is 7.58. The Morgan fingerprint density at radius 3 is 2.90 bits per heavy atom. The van der Waals surface area contributed by atoms with Crippen molar-refractivity contribution in [3.63, 3.8) is 0 Å². The van der Waals surface area contributed by atoms with Crippen LogP contribution in [0, 0.1) is 0 Å². The number of piperidine rings is 1. The highest BCUT2D eigenvalue weighted by Gasteiger charge is 2.25. The summed E-state index contributed by atoms with van der Waals surface area (Å²) in [5.74, 6) is 0.167. The lowest BCUT2D eigenvalue weighted by molar-refractivity contribution is 0.0640. The Morgan fingerprint density at radius 2 is 2.14 bits per heavy atom. The van der Waals surface area contributed by atoms with Crippen molar-refractivity contribution in [1.29, 1.82) is 0 Å². The van der Waals surface area contributed by atoms with Crippen LogP contribution in [0.1, 0.15) is 35.9 Å². The molecule has 21 heavy (non-hydrogen) atoms. The fourth-order valence-electron chi connectivity index (χ4n) is 2.79. The molecule has 2 heterocycles. The fourth-order valence-corrected chi connectivity index (χ4v) is 3.94. The molecule has 1 saturated heterocycles. The number of halogens is 1. The lowest BCUT2D eigenvalue weighted by Crippen LogP contribution is -2.41. The molecule has 4 heteroatoms. The number of benzene rings is 1. The minimum atomic E-state index is 0.167. The highest BCUT2D eigenvalue weighted by atomic mass is 35.5. The molecule has 2 nitrogen and oxygen atoms in total. The van der Waals surface area contributed by atoms with Crippen LogP contribution in [0.25, 0.3) is 10.4 Å². The number of nitrogens with zero attached hydrogens (tertiary/aromatic N) is 1. The van der Waals surface area contributed by atoms with E-state index in [0.717, 1.165) is 39.7 Å². The van der Waals surface area contributed by atoms with Crippen LogP contribution in [0.4, 0.5) is 0 Å². The summed E-state index contributed by atoms with van der Waals surface area (Å²) in [5, 5.41) is 0.721. The summed E-state index contributed by atoms with van der Waals surface area (Å²) in [6.07, 6.45) is 3.45. The van der Waals surface area contributed by atoms with Crippen molar-refractivity contribution < 1.29 is 4.79 Å². The van der Waals surface area contributed by atoms with Gasteiger partial charge in [0.05, 0.1) is 4.88 Å². The van der Waals surface area contributed by atoms with E-state index in [-0.39, 0.29) is 5.91 Å². The molecule has 2 aromatic rings. The average molecular weight is 320 g/mol. The number of likely N-dealkylation sites (tertiary alicyclic amines) is 1. The zero-order valence-corrected chi connectivity index (χ0v) is 13.6. The van der Waals surface area contributed by atoms with Crippen molar-refractivity contribution >= 4 is 28.8 Å². The number of thiophene rings is 1. The highest BCUT2D eigenvalue weighted by Crippen LogP contribution is 2.31. The van der Waals surface area contributed by atoms with Crippen LogP contribution < -0.4 is 0 Å². The number of rotatable bonds is 2. The summed E-state index contributed by atoms with van der Waals surface area (Å²) in [6, 6.07) is 12.1. The third kappa shape index (κ3) is 3.14. The minimum absolute atomic E-state index is 0.167. The van der Waals surface area contributed by atoms with Crippen LogP contribution in [0.3, 0.4) is 0 Å². The second kappa shape index (κ2) is 6.20. The van der Waals surface area contributed by atoms with E-state index in [4.69, 9.17) is 11.6 Å². The van der Waals surface area contributed by atoms with Gasteiger partial charge in [0.25, 0.3) is 5.91 Å². The first-order valence-electron chi connectivity index (χ1n) is 7.32. The van der Waals surface area contributed by atoms with E-state index in [1.807, 2.05) is 41.3 Å². The third-order valence-electron chi connectivity index (χ3n) is 3.99. The van der Waals surface area contributed by atoms with Gasteiger partial charge in [0.1, 0.15) is 0 Å². The first-order chi connectivity index (χ1) is 10.1.